The van der Waals surface area contributed by atoms with Gasteiger partial charge in [-0.1, -0.05) is 29.8 Å². The van der Waals surface area contributed by atoms with Gasteiger partial charge in [0.25, 0.3) is 0 Å². The van der Waals surface area contributed by atoms with E-state index < -0.39 is 0 Å². The van der Waals surface area contributed by atoms with Crippen LogP contribution in [0.3, 0.4) is 0 Å². The van der Waals surface area contributed by atoms with Crippen LogP contribution >= 0.6 is 24.0 Å². The lowest BCUT2D eigenvalue weighted by molar-refractivity contribution is -0.118. The lowest BCUT2D eigenvalue weighted by Gasteiger charge is -2.27. The predicted molar refractivity (Wildman–Crippen MR) is 89.9 cm³/mol. The smallest absolute Gasteiger partial charge is 0.249 e. The second kappa shape index (κ2) is 6.39. The van der Waals surface area contributed by atoms with Gasteiger partial charge in [0.05, 0.1) is 0 Å². The van der Waals surface area contributed by atoms with Crippen molar-refractivity contribution >= 4 is 29.9 Å². The largest absolute Gasteiger partial charge is 0.348 e. The van der Waals surface area contributed by atoms with Crippen LogP contribution in [0.4, 0.5) is 0 Å². The molecule has 3 nitrogen and oxygen atoms in total. The lowest BCUT2D eigenvalue weighted by Crippen LogP contribution is -2.47. The molecule has 0 saturated heterocycles. The van der Waals surface area contributed by atoms with Crippen molar-refractivity contribution in [3.63, 3.8) is 0 Å². The van der Waals surface area contributed by atoms with Crippen LogP contribution in [-0.4, -0.2) is 17.0 Å². The molecule has 5 heteroatoms. The Morgan fingerprint density at radius 2 is 1.76 bits per heavy atom. The average Bonchev–Trinajstić information content (AvgIpc) is 2.56. The Labute approximate surface area is 137 Å². The monoisotopic (exact) mass is 328 g/mol. The number of amides is 1. The molecule has 21 heavy (non-hydrogen) atoms. The number of rotatable bonds is 3. The first-order chi connectivity index (χ1) is 9.20. The van der Waals surface area contributed by atoms with E-state index in [0.29, 0.717) is 11.6 Å². The fourth-order valence-corrected chi connectivity index (χ4v) is 2.81. The molecule has 0 aliphatic carbocycles. The van der Waals surface area contributed by atoms with Crippen LogP contribution < -0.4 is 10.6 Å². The molecule has 0 aromatic heterocycles. The van der Waals surface area contributed by atoms with Crippen molar-refractivity contribution in [2.45, 2.75) is 45.3 Å². The standard InChI is InChI=1S/C16H21ClN2O.ClH/c1-15(2)9-13(16(3,4)19-15)14(20)18-10-11-5-7-12(17)8-6-11;/h5-9,19H,10H2,1-4H3,(H,18,20);1H. The quantitative estimate of drug-likeness (QED) is 0.892. The van der Waals surface area contributed by atoms with Crippen LogP contribution in [0.25, 0.3) is 0 Å². The predicted octanol–water partition coefficient (Wildman–Crippen LogP) is 3.46. The van der Waals surface area contributed by atoms with Gasteiger partial charge in [0.15, 0.2) is 0 Å². The topological polar surface area (TPSA) is 41.1 Å². The van der Waals surface area contributed by atoms with E-state index in [-0.39, 0.29) is 29.4 Å². The van der Waals surface area contributed by atoms with E-state index >= 15 is 0 Å². The van der Waals surface area contributed by atoms with Crippen LogP contribution in [0.15, 0.2) is 35.9 Å². The SMILES string of the molecule is CC1(C)C=C(C(=O)NCc2ccc(Cl)cc2)C(C)(C)N1.Cl. The van der Waals surface area contributed by atoms with Crippen LogP contribution in [0, 0.1) is 0 Å². The number of hydrogen-bond donors (Lipinski definition) is 2. The van der Waals surface area contributed by atoms with Crippen molar-refractivity contribution in [2.75, 3.05) is 0 Å². The zero-order chi connectivity index (χ0) is 15.0. The molecule has 1 amide bonds. The first kappa shape index (κ1) is 18.0. The summed E-state index contributed by atoms with van der Waals surface area (Å²) < 4.78 is 0. The lowest BCUT2D eigenvalue weighted by atomic mass is 9.96. The summed E-state index contributed by atoms with van der Waals surface area (Å²) in [5.41, 5.74) is 1.35. The molecule has 116 valence electrons. The minimum absolute atomic E-state index is 0. The Kier molecular flexibility index (Phi) is 5.48. The zero-order valence-electron chi connectivity index (χ0n) is 12.8. The molecule has 2 rings (SSSR count). The van der Waals surface area contributed by atoms with Crippen molar-refractivity contribution in [1.82, 2.24) is 10.6 Å². The van der Waals surface area contributed by atoms with Crippen molar-refractivity contribution in [3.8, 4) is 0 Å². The van der Waals surface area contributed by atoms with Gasteiger partial charge in [-0.15, -0.1) is 12.4 Å². The van der Waals surface area contributed by atoms with Crippen molar-refractivity contribution in [3.05, 3.63) is 46.5 Å². The maximum atomic E-state index is 12.3. The third-order valence-corrected chi connectivity index (χ3v) is 3.68. The summed E-state index contributed by atoms with van der Waals surface area (Å²) in [6.07, 6.45) is 2.00. The van der Waals surface area contributed by atoms with E-state index in [1.54, 1.807) is 0 Å². The molecule has 1 aliphatic rings. The number of halogens is 2. The maximum absolute atomic E-state index is 12.3. The molecule has 2 N–H and O–H groups in total. The van der Waals surface area contributed by atoms with E-state index in [9.17, 15) is 4.79 Å². The fourth-order valence-electron chi connectivity index (χ4n) is 2.68. The average molecular weight is 329 g/mol. The maximum Gasteiger partial charge on any atom is 0.249 e. The third-order valence-electron chi connectivity index (χ3n) is 3.42. The summed E-state index contributed by atoms with van der Waals surface area (Å²) >= 11 is 5.84. The highest BCUT2D eigenvalue weighted by Gasteiger charge is 2.39. The van der Waals surface area contributed by atoms with Gasteiger partial charge in [0.1, 0.15) is 0 Å². The molecule has 0 bridgehead atoms. The second-order valence-corrected chi connectivity index (χ2v) is 6.78. The van der Waals surface area contributed by atoms with Crippen LogP contribution in [0.5, 0.6) is 0 Å². The molecule has 0 fully saturated rings. The molecule has 0 spiro atoms. The van der Waals surface area contributed by atoms with Crippen LogP contribution in [0.1, 0.15) is 33.3 Å². The minimum Gasteiger partial charge on any atom is -0.348 e. The molecular formula is C16H22Cl2N2O. The van der Waals surface area contributed by atoms with Gasteiger partial charge in [-0.25, -0.2) is 0 Å². The molecule has 0 atom stereocenters. The van der Waals surface area contributed by atoms with Crippen LogP contribution in [0.2, 0.25) is 5.02 Å². The van der Waals surface area contributed by atoms with Gasteiger partial charge in [-0.3, -0.25) is 10.1 Å². The van der Waals surface area contributed by atoms with E-state index in [0.717, 1.165) is 11.1 Å². The molecule has 0 radical (unpaired) electrons. The summed E-state index contributed by atoms with van der Waals surface area (Å²) in [5, 5.41) is 7.10. The summed E-state index contributed by atoms with van der Waals surface area (Å²) in [5.74, 6) is -0.0250. The van der Waals surface area contributed by atoms with Gasteiger partial charge < -0.3 is 5.32 Å². The number of carbonyl (C=O) groups excluding carboxylic acids is 1. The Hall–Kier alpha value is -1.03. The molecule has 1 heterocycles. The number of nitrogens with one attached hydrogen (secondary N) is 2. The van der Waals surface area contributed by atoms with Crippen LogP contribution in [-0.2, 0) is 11.3 Å². The molecule has 0 saturated carbocycles. The first-order valence-corrected chi connectivity index (χ1v) is 7.13. The highest BCUT2D eigenvalue weighted by atomic mass is 35.5. The highest BCUT2D eigenvalue weighted by molar-refractivity contribution is 6.30. The zero-order valence-corrected chi connectivity index (χ0v) is 14.4. The normalized spacial score (nSPS) is 18.6. The molecular weight excluding hydrogens is 307 g/mol. The number of hydrogen-bond acceptors (Lipinski definition) is 2. The van der Waals surface area contributed by atoms with Gasteiger partial charge >= 0.3 is 0 Å². The Bertz CT molecular complexity index is 548. The van der Waals surface area contributed by atoms with Crippen molar-refractivity contribution in [2.24, 2.45) is 0 Å². The van der Waals surface area contributed by atoms with E-state index in [1.165, 1.54) is 0 Å². The summed E-state index contributed by atoms with van der Waals surface area (Å²) in [6.45, 7) is 8.68. The Balaban J connectivity index is 0.00000220. The molecule has 0 unspecified atom stereocenters. The Morgan fingerprint density at radius 3 is 2.24 bits per heavy atom. The molecule has 1 aliphatic heterocycles. The summed E-state index contributed by atoms with van der Waals surface area (Å²) in [7, 11) is 0. The summed E-state index contributed by atoms with van der Waals surface area (Å²) in [6, 6.07) is 7.48. The second-order valence-electron chi connectivity index (χ2n) is 6.34. The van der Waals surface area contributed by atoms with Gasteiger partial charge in [-0.05, 0) is 45.4 Å². The van der Waals surface area contributed by atoms with E-state index in [1.807, 2.05) is 44.2 Å². The summed E-state index contributed by atoms with van der Waals surface area (Å²) in [4.78, 5) is 12.3. The van der Waals surface area contributed by atoms with Gasteiger partial charge in [0.2, 0.25) is 5.91 Å². The highest BCUT2D eigenvalue weighted by Crippen LogP contribution is 2.29. The van der Waals surface area contributed by atoms with Crippen molar-refractivity contribution in [1.29, 1.82) is 0 Å². The molecule has 1 aromatic rings. The third kappa shape index (κ3) is 4.47. The van der Waals surface area contributed by atoms with Gasteiger partial charge in [0, 0.05) is 28.2 Å². The fraction of sp³-hybridized carbons (Fsp3) is 0.438. The van der Waals surface area contributed by atoms with Crippen molar-refractivity contribution < 1.29 is 4.79 Å². The number of benzene rings is 1. The molecule has 1 aromatic carbocycles. The van der Waals surface area contributed by atoms with E-state index in [2.05, 4.69) is 24.5 Å². The minimum atomic E-state index is -0.312. The number of carbonyl (C=O) groups is 1. The van der Waals surface area contributed by atoms with E-state index in [4.69, 9.17) is 11.6 Å². The van der Waals surface area contributed by atoms with Gasteiger partial charge in [-0.2, -0.15) is 0 Å². The Morgan fingerprint density at radius 1 is 1.19 bits per heavy atom. The first-order valence-electron chi connectivity index (χ1n) is 6.75.